The molecule has 0 aromatic heterocycles. The third kappa shape index (κ3) is 3.01. The molecule has 1 fully saturated rings. The smallest absolute Gasteiger partial charge is 0.244 e. The highest BCUT2D eigenvalue weighted by Gasteiger charge is 2.47. The van der Waals surface area contributed by atoms with Gasteiger partial charge >= 0.3 is 0 Å². The van der Waals surface area contributed by atoms with Crippen molar-refractivity contribution in [3.05, 3.63) is 35.4 Å². The van der Waals surface area contributed by atoms with Gasteiger partial charge in [0.05, 0.1) is 24.0 Å². The lowest BCUT2D eigenvalue weighted by Gasteiger charge is -2.15. The van der Waals surface area contributed by atoms with Gasteiger partial charge in [0.1, 0.15) is 12.3 Å². The minimum Gasteiger partial charge on any atom is -0.495 e. The van der Waals surface area contributed by atoms with Gasteiger partial charge in [-0.25, -0.2) is 0 Å². The van der Waals surface area contributed by atoms with Crippen molar-refractivity contribution in [2.75, 3.05) is 19.0 Å². The first-order valence-corrected chi connectivity index (χ1v) is 8.02. The van der Waals surface area contributed by atoms with Crippen LogP contribution >= 0.6 is 11.6 Å². The van der Waals surface area contributed by atoms with Gasteiger partial charge in [0, 0.05) is 5.69 Å². The predicted octanol–water partition coefficient (Wildman–Crippen LogP) is 2.24. The number of halogens is 1. The average molecular weight is 349 g/mol. The Balaban J connectivity index is 1.66. The largest absolute Gasteiger partial charge is 0.495 e. The van der Waals surface area contributed by atoms with Crippen LogP contribution in [0.25, 0.3) is 0 Å². The number of nitrogens with zero attached hydrogens (tertiary/aromatic N) is 1. The van der Waals surface area contributed by atoms with E-state index in [4.69, 9.17) is 16.3 Å². The van der Waals surface area contributed by atoms with Gasteiger partial charge < -0.3 is 10.1 Å². The molecule has 0 spiro atoms. The lowest BCUT2D eigenvalue weighted by Crippen LogP contribution is -2.38. The van der Waals surface area contributed by atoms with Gasteiger partial charge in [0.2, 0.25) is 17.7 Å². The molecule has 1 aromatic carbocycles. The molecule has 0 unspecified atom stereocenters. The fourth-order valence-corrected chi connectivity index (χ4v) is 3.37. The third-order valence-electron chi connectivity index (χ3n) is 4.34. The summed E-state index contributed by atoms with van der Waals surface area (Å²) in [5.74, 6) is -1.13. The van der Waals surface area contributed by atoms with Crippen LogP contribution < -0.4 is 10.1 Å². The van der Waals surface area contributed by atoms with Crippen molar-refractivity contribution in [1.29, 1.82) is 0 Å². The molecule has 1 N–H and O–H groups in total. The van der Waals surface area contributed by atoms with Crippen LogP contribution in [0.2, 0.25) is 5.02 Å². The molecular weight excluding hydrogens is 332 g/mol. The van der Waals surface area contributed by atoms with Crippen LogP contribution in [0.15, 0.2) is 30.4 Å². The second kappa shape index (κ2) is 6.65. The zero-order valence-corrected chi connectivity index (χ0v) is 13.9. The number of likely N-dealkylation sites (tertiary alicyclic amines) is 1. The van der Waals surface area contributed by atoms with E-state index < -0.39 is 5.91 Å². The van der Waals surface area contributed by atoms with Crippen molar-refractivity contribution in [2.24, 2.45) is 11.8 Å². The van der Waals surface area contributed by atoms with E-state index in [0.717, 1.165) is 4.90 Å². The van der Waals surface area contributed by atoms with Crippen molar-refractivity contribution >= 4 is 35.0 Å². The number of hydrogen-bond donors (Lipinski definition) is 1. The Morgan fingerprint density at radius 1 is 1.25 bits per heavy atom. The highest BCUT2D eigenvalue weighted by molar-refractivity contribution is 6.32. The fourth-order valence-electron chi connectivity index (χ4n) is 3.11. The molecule has 126 valence electrons. The van der Waals surface area contributed by atoms with E-state index in [9.17, 15) is 14.4 Å². The monoisotopic (exact) mass is 348 g/mol. The summed E-state index contributed by atoms with van der Waals surface area (Å²) in [5.41, 5.74) is 0.476. The molecule has 1 aliphatic heterocycles. The van der Waals surface area contributed by atoms with Crippen molar-refractivity contribution in [3.63, 3.8) is 0 Å². The number of allylic oxidation sites excluding steroid dienone is 2. The maximum absolute atomic E-state index is 12.3. The van der Waals surface area contributed by atoms with Crippen LogP contribution in [0.3, 0.4) is 0 Å². The summed E-state index contributed by atoms with van der Waals surface area (Å²) in [5, 5.41) is 3.00. The summed E-state index contributed by atoms with van der Waals surface area (Å²) >= 11 is 6.01. The fraction of sp³-hybridized carbons (Fsp3) is 0.353. The van der Waals surface area contributed by atoms with Gasteiger partial charge in [-0.15, -0.1) is 0 Å². The number of fused-ring (bicyclic) bond motifs is 1. The Bertz CT molecular complexity index is 705. The third-order valence-corrected chi connectivity index (χ3v) is 4.63. The topological polar surface area (TPSA) is 75.7 Å². The SMILES string of the molecule is COc1ccc(NC(=O)CN2C(=O)[C@@H]3CC=CC[C@H]3C2=O)cc1Cl. The number of ether oxygens (including phenoxy) is 1. The summed E-state index contributed by atoms with van der Waals surface area (Å²) in [7, 11) is 1.50. The highest BCUT2D eigenvalue weighted by Crippen LogP contribution is 2.35. The van der Waals surface area contributed by atoms with E-state index in [0.29, 0.717) is 29.3 Å². The molecule has 0 radical (unpaired) electrons. The normalized spacial score (nSPS) is 22.5. The first kappa shape index (κ1) is 16.5. The summed E-state index contributed by atoms with van der Waals surface area (Å²) in [6, 6.07) is 4.82. The molecule has 2 atom stereocenters. The minimum atomic E-state index is -0.440. The van der Waals surface area contributed by atoms with Crippen LogP contribution in [0, 0.1) is 11.8 Å². The molecule has 0 bridgehead atoms. The molecule has 3 rings (SSSR count). The molecule has 2 aliphatic rings. The number of amides is 3. The number of imide groups is 1. The Morgan fingerprint density at radius 2 is 1.88 bits per heavy atom. The Labute approximate surface area is 144 Å². The predicted molar refractivity (Wildman–Crippen MR) is 88.7 cm³/mol. The van der Waals surface area contributed by atoms with Gasteiger partial charge in [-0.1, -0.05) is 23.8 Å². The van der Waals surface area contributed by atoms with Crippen molar-refractivity contribution in [3.8, 4) is 5.75 Å². The molecule has 3 amide bonds. The standard InChI is InChI=1S/C17H17ClN2O4/c1-24-14-7-6-10(8-13(14)18)19-15(21)9-20-16(22)11-4-2-3-5-12(11)17(20)23/h2-3,6-8,11-12H,4-5,9H2,1H3,(H,19,21)/t11-,12-/m1/s1. The van der Waals surface area contributed by atoms with E-state index in [2.05, 4.69) is 5.32 Å². The molecular formula is C17H17ClN2O4. The number of rotatable bonds is 4. The van der Waals surface area contributed by atoms with Gasteiger partial charge in [0.15, 0.2) is 0 Å². The summed E-state index contributed by atoms with van der Waals surface area (Å²) in [4.78, 5) is 37.9. The molecule has 0 saturated carbocycles. The van der Waals surface area contributed by atoms with Gasteiger partial charge in [-0.2, -0.15) is 0 Å². The zero-order chi connectivity index (χ0) is 17.3. The second-order valence-electron chi connectivity index (χ2n) is 5.82. The zero-order valence-electron chi connectivity index (χ0n) is 13.1. The molecule has 1 aliphatic carbocycles. The van der Waals surface area contributed by atoms with Crippen LogP contribution in [-0.2, 0) is 14.4 Å². The van der Waals surface area contributed by atoms with Crippen LogP contribution in [-0.4, -0.2) is 36.3 Å². The number of benzene rings is 1. The van der Waals surface area contributed by atoms with Gasteiger partial charge in [0.25, 0.3) is 0 Å². The van der Waals surface area contributed by atoms with Crippen LogP contribution in [0.5, 0.6) is 5.75 Å². The van der Waals surface area contributed by atoms with E-state index in [1.54, 1.807) is 18.2 Å². The number of nitrogens with one attached hydrogen (secondary N) is 1. The number of anilines is 1. The van der Waals surface area contributed by atoms with E-state index >= 15 is 0 Å². The summed E-state index contributed by atoms with van der Waals surface area (Å²) < 4.78 is 5.05. The lowest BCUT2D eigenvalue weighted by atomic mass is 9.85. The van der Waals surface area contributed by atoms with Crippen LogP contribution in [0.1, 0.15) is 12.8 Å². The molecule has 1 aromatic rings. The Kier molecular flexibility index (Phi) is 4.57. The molecule has 1 heterocycles. The Morgan fingerprint density at radius 3 is 2.42 bits per heavy atom. The molecule has 1 saturated heterocycles. The molecule has 6 nitrogen and oxygen atoms in total. The number of hydrogen-bond acceptors (Lipinski definition) is 4. The first-order valence-electron chi connectivity index (χ1n) is 7.65. The summed E-state index contributed by atoms with van der Waals surface area (Å²) in [6.45, 7) is -0.283. The average Bonchev–Trinajstić information content (AvgIpc) is 2.80. The quantitative estimate of drug-likeness (QED) is 0.668. The van der Waals surface area contributed by atoms with Crippen molar-refractivity contribution in [2.45, 2.75) is 12.8 Å². The van der Waals surface area contributed by atoms with Crippen molar-refractivity contribution < 1.29 is 19.1 Å². The minimum absolute atomic E-state index is 0.266. The highest BCUT2D eigenvalue weighted by atomic mass is 35.5. The maximum Gasteiger partial charge on any atom is 0.244 e. The molecule has 24 heavy (non-hydrogen) atoms. The van der Waals surface area contributed by atoms with Crippen LogP contribution in [0.4, 0.5) is 5.69 Å². The molecule has 7 heteroatoms. The number of carbonyl (C=O) groups excluding carboxylic acids is 3. The summed E-state index contributed by atoms with van der Waals surface area (Å²) in [6.07, 6.45) is 4.94. The first-order chi connectivity index (χ1) is 11.5. The number of methoxy groups -OCH3 is 1. The van der Waals surface area contributed by atoms with Gasteiger partial charge in [-0.05, 0) is 31.0 Å². The van der Waals surface area contributed by atoms with E-state index in [1.165, 1.54) is 7.11 Å². The van der Waals surface area contributed by atoms with E-state index in [1.807, 2.05) is 12.2 Å². The van der Waals surface area contributed by atoms with Crippen molar-refractivity contribution in [1.82, 2.24) is 4.90 Å². The second-order valence-corrected chi connectivity index (χ2v) is 6.22. The lowest BCUT2D eigenvalue weighted by molar-refractivity contribution is -0.142. The number of carbonyl (C=O) groups is 3. The van der Waals surface area contributed by atoms with E-state index in [-0.39, 0.29) is 30.2 Å². The Hall–Kier alpha value is -2.34. The van der Waals surface area contributed by atoms with Gasteiger partial charge in [-0.3, -0.25) is 19.3 Å². The maximum atomic E-state index is 12.3.